The largest absolute Gasteiger partial charge is 0.469 e. The lowest BCUT2D eigenvalue weighted by Gasteiger charge is -2.27. The van der Waals surface area contributed by atoms with Crippen LogP contribution in [0, 0.1) is 11.8 Å². The zero-order chi connectivity index (χ0) is 16.2. The number of methoxy groups -OCH3 is 1. The molecule has 3 aliphatic heterocycles. The van der Waals surface area contributed by atoms with Crippen molar-refractivity contribution in [2.45, 2.75) is 24.7 Å². The monoisotopic (exact) mass is 314 g/mol. The van der Waals surface area contributed by atoms with E-state index in [9.17, 15) is 9.59 Å². The number of likely N-dealkylation sites (tertiary alicyclic amines) is 1. The first-order valence-corrected chi connectivity index (χ1v) is 7.73. The second kappa shape index (κ2) is 4.89. The maximum atomic E-state index is 13.0. The minimum absolute atomic E-state index is 0.0448. The summed E-state index contributed by atoms with van der Waals surface area (Å²) in [6.45, 7) is 2.44. The normalized spacial score (nSPS) is 35.5. The molecule has 0 aromatic carbocycles. The number of carbonyl (C=O) groups is 2. The highest BCUT2D eigenvalue weighted by Gasteiger charge is 2.67. The number of hydrogen-bond acceptors (Lipinski definition) is 5. The van der Waals surface area contributed by atoms with Crippen LogP contribution in [0.3, 0.4) is 0 Å². The van der Waals surface area contributed by atoms with Crippen molar-refractivity contribution in [2.24, 2.45) is 11.8 Å². The molecule has 2 fully saturated rings. The molecule has 2 saturated heterocycles. The van der Waals surface area contributed by atoms with Crippen molar-refractivity contribution < 1.29 is 19.1 Å². The summed E-state index contributed by atoms with van der Waals surface area (Å²) in [6.07, 6.45) is 6.90. The molecule has 3 aliphatic rings. The fraction of sp³-hybridized carbons (Fsp3) is 0.471. The number of carbonyl (C=O) groups excluding carboxylic acids is 2. The van der Waals surface area contributed by atoms with Gasteiger partial charge in [-0.1, -0.05) is 12.2 Å². The SMILES string of the molecule is COC(=O)[C@H]1[C@@H]2C=C[C@]3(CN([C@@H](C)c4ccncc4)C(=O)[C@@H]13)O2. The van der Waals surface area contributed by atoms with Crippen molar-refractivity contribution in [3.8, 4) is 0 Å². The number of nitrogens with zero attached hydrogens (tertiary/aromatic N) is 2. The molecule has 2 bridgehead atoms. The molecule has 0 saturated carbocycles. The van der Waals surface area contributed by atoms with Gasteiger partial charge in [-0.25, -0.2) is 0 Å². The Kier molecular flexibility index (Phi) is 3.06. The molecule has 0 N–H and O–H groups in total. The van der Waals surface area contributed by atoms with E-state index in [1.165, 1.54) is 7.11 Å². The fourth-order valence-corrected chi connectivity index (χ4v) is 4.08. The van der Waals surface area contributed by atoms with Crippen LogP contribution in [0.4, 0.5) is 0 Å². The standard InChI is InChI=1S/C17H18N2O4/c1-10(11-4-7-18-8-5-11)19-9-17-6-3-12(23-17)13(16(21)22-2)14(17)15(19)20/h3-8,10,12-14H,9H2,1-2H3/t10-,12-,13-,14+,17+/m0/s1. The molecule has 5 atom stereocenters. The molecule has 4 rings (SSSR count). The van der Waals surface area contributed by atoms with Crippen molar-refractivity contribution >= 4 is 11.9 Å². The van der Waals surface area contributed by atoms with Gasteiger partial charge >= 0.3 is 5.97 Å². The summed E-state index contributed by atoms with van der Waals surface area (Å²) in [7, 11) is 1.35. The molecule has 1 aromatic heterocycles. The van der Waals surface area contributed by atoms with E-state index in [1.807, 2.05) is 31.2 Å². The Labute approximate surface area is 134 Å². The molecule has 6 heteroatoms. The summed E-state index contributed by atoms with van der Waals surface area (Å²) in [5, 5.41) is 0. The van der Waals surface area contributed by atoms with Crippen LogP contribution in [0.25, 0.3) is 0 Å². The smallest absolute Gasteiger partial charge is 0.312 e. The second-order valence-corrected chi connectivity index (χ2v) is 6.35. The topological polar surface area (TPSA) is 68.7 Å². The minimum atomic E-state index is -0.693. The van der Waals surface area contributed by atoms with Gasteiger partial charge in [0.1, 0.15) is 11.5 Å². The van der Waals surface area contributed by atoms with Crippen molar-refractivity contribution in [2.75, 3.05) is 13.7 Å². The molecular weight excluding hydrogens is 296 g/mol. The average molecular weight is 314 g/mol. The number of aromatic nitrogens is 1. The van der Waals surface area contributed by atoms with Gasteiger partial charge in [-0.2, -0.15) is 0 Å². The van der Waals surface area contributed by atoms with Crippen molar-refractivity contribution in [3.63, 3.8) is 0 Å². The summed E-state index contributed by atoms with van der Waals surface area (Å²) in [5.74, 6) is -1.46. The lowest BCUT2D eigenvalue weighted by atomic mass is 9.77. The molecule has 120 valence electrons. The summed E-state index contributed by atoms with van der Waals surface area (Å²) < 4.78 is 10.9. The highest BCUT2D eigenvalue weighted by atomic mass is 16.5. The Morgan fingerprint density at radius 2 is 2.22 bits per heavy atom. The lowest BCUT2D eigenvalue weighted by molar-refractivity contribution is -0.151. The molecule has 0 aliphatic carbocycles. The molecule has 1 amide bonds. The van der Waals surface area contributed by atoms with Crippen LogP contribution in [0.2, 0.25) is 0 Å². The van der Waals surface area contributed by atoms with Crippen LogP contribution in [-0.4, -0.2) is 47.1 Å². The maximum Gasteiger partial charge on any atom is 0.312 e. The van der Waals surface area contributed by atoms with E-state index in [0.29, 0.717) is 6.54 Å². The van der Waals surface area contributed by atoms with E-state index in [2.05, 4.69) is 4.98 Å². The van der Waals surface area contributed by atoms with E-state index >= 15 is 0 Å². The lowest BCUT2D eigenvalue weighted by Crippen LogP contribution is -2.39. The van der Waals surface area contributed by atoms with Gasteiger partial charge in [-0.15, -0.1) is 0 Å². The van der Waals surface area contributed by atoms with Gasteiger partial charge in [0, 0.05) is 12.4 Å². The molecular formula is C17H18N2O4. The Bertz CT molecular complexity index is 689. The molecule has 23 heavy (non-hydrogen) atoms. The predicted octanol–water partition coefficient (Wildman–Crippen LogP) is 1.10. The third-order valence-electron chi connectivity index (χ3n) is 5.26. The third kappa shape index (κ3) is 1.88. The Hall–Kier alpha value is -2.21. The first kappa shape index (κ1) is 14.4. The Balaban J connectivity index is 1.67. The molecule has 4 heterocycles. The fourth-order valence-electron chi connectivity index (χ4n) is 4.08. The molecule has 1 spiro atoms. The van der Waals surface area contributed by atoms with E-state index in [-0.39, 0.29) is 24.0 Å². The number of rotatable bonds is 3. The minimum Gasteiger partial charge on any atom is -0.469 e. The van der Waals surface area contributed by atoms with Gasteiger partial charge < -0.3 is 14.4 Å². The van der Waals surface area contributed by atoms with E-state index in [1.54, 1.807) is 17.3 Å². The van der Waals surface area contributed by atoms with Gasteiger partial charge in [0.25, 0.3) is 0 Å². The number of amides is 1. The van der Waals surface area contributed by atoms with Gasteiger partial charge in [0.15, 0.2) is 0 Å². The first-order valence-electron chi connectivity index (χ1n) is 7.73. The number of hydrogen-bond donors (Lipinski definition) is 0. The molecule has 0 radical (unpaired) electrons. The molecule has 6 nitrogen and oxygen atoms in total. The van der Waals surface area contributed by atoms with Gasteiger partial charge in [0.05, 0.1) is 31.7 Å². The first-order chi connectivity index (χ1) is 11.1. The second-order valence-electron chi connectivity index (χ2n) is 6.35. The van der Waals surface area contributed by atoms with Crippen molar-refractivity contribution in [3.05, 3.63) is 42.2 Å². The van der Waals surface area contributed by atoms with E-state index < -0.39 is 17.4 Å². The highest BCUT2D eigenvalue weighted by Crippen LogP contribution is 2.53. The Morgan fingerprint density at radius 3 is 2.91 bits per heavy atom. The van der Waals surface area contributed by atoms with Gasteiger partial charge in [-0.05, 0) is 24.6 Å². The summed E-state index contributed by atoms with van der Waals surface area (Å²) in [6, 6.07) is 3.70. The van der Waals surface area contributed by atoms with Gasteiger partial charge in [-0.3, -0.25) is 14.6 Å². The third-order valence-corrected chi connectivity index (χ3v) is 5.26. The summed E-state index contributed by atoms with van der Waals surface area (Å²) in [4.78, 5) is 30.9. The summed E-state index contributed by atoms with van der Waals surface area (Å²) in [5.41, 5.74) is 0.319. The summed E-state index contributed by atoms with van der Waals surface area (Å²) >= 11 is 0. The van der Waals surface area contributed by atoms with Crippen LogP contribution >= 0.6 is 0 Å². The maximum absolute atomic E-state index is 13.0. The quantitative estimate of drug-likeness (QED) is 0.617. The zero-order valence-corrected chi connectivity index (χ0v) is 13.0. The van der Waals surface area contributed by atoms with Gasteiger partial charge in [0.2, 0.25) is 5.91 Å². The van der Waals surface area contributed by atoms with E-state index in [4.69, 9.17) is 9.47 Å². The number of ether oxygens (including phenoxy) is 2. The predicted molar refractivity (Wildman–Crippen MR) is 80.1 cm³/mol. The molecule has 1 aromatic rings. The number of pyridine rings is 1. The average Bonchev–Trinajstić information content (AvgIpc) is 3.22. The van der Waals surface area contributed by atoms with Crippen molar-refractivity contribution in [1.82, 2.24) is 9.88 Å². The van der Waals surface area contributed by atoms with Crippen LogP contribution < -0.4 is 0 Å². The Morgan fingerprint density at radius 1 is 1.48 bits per heavy atom. The zero-order valence-electron chi connectivity index (χ0n) is 13.0. The number of fused-ring (bicyclic) bond motifs is 1. The van der Waals surface area contributed by atoms with Crippen LogP contribution in [0.15, 0.2) is 36.7 Å². The van der Waals surface area contributed by atoms with Crippen molar-refractivity contribution in [1.29, 1.82) is 0 Å². The number of esters is 1. The molecule has 0 unspecified atom stereocenters. The highest BCUT2D eigenvalue weighted by molar-refractivity contribution is 5.91. The van der Waals surface area contributed by atoms with E-state index in [0.717, 1.165) is 5.56 Å². The van der Waals surface area contributed by atoms with Crippen LogP contribution in [-0.2, 0) is 19.1 Å². The van der Waals surface area contributed by atoms with Crippen LogP contribution in [0.5, 0.6) is 0 Å². The van der Waals surface area contributed by atoms with Crippen LogP contribution in [0.1, 0.15) is 18.5 Å².